The summed E-state index contributed by atoms with van der Waals surface area (Å²) in [5.74, 6) is 0.917. The van der Waals surface area contributed by atoms with Crippen molar-refractivity contribution in [1.82, 2.24) is 0 Å². The highest BCUT2D eigenvalue weighted by atomic mass is 16.5. The molecule has 0 spiro atoms. The summed E-state index contributed by atoms with van der Waals surface area (Å²) in [7, 11) is 0. The van der Waals surface area contributed by atoms with E-state index in [1.807, 2.05) is 13.0 Å². The van der Waals surface area contributed by atoms with Crippen molar-refractivity contribution in [2.24, 2.45) is 5.73 Å². The van der Waals surface area contributed by atoms with Crippen molar-refractivity contribution in [3.63, 3.8) is 0 Å². The number of hydrogen-bond donors (Lipinski definition) is 1. The first-order valence-corrected chi connectivity index (χ1v) is 5.88. The second kappa shape index (κ2) is 4.71. The molecular formula is C14H19NO. The highest BCUT2D eigenvalue weighted by molar-refractivity contribution is 5.39. The van der Waals surface area contributed by atoms with E-state index >= 15 is 0 Å². The van der Waals surface area contributed by atoms with Gasteiger partial charge in [-0.25, -0.2) is 0 Å². The van der Waals surface area contributed by atoms with Crippen LogP contribution in [0.2, 0.25) is 0 Å². The maximum absolute atomic E-state index is 6.07. The smallest absolute Gasteiger partial charge is 0.120 e. The van der Waals surface area contributed by atoms with Gasteiger partial charge in [-0.1, -0.05) is 18.7 Å². The SMILES string of the molecule is C=CC(C)Oc1ccc2c(c1)CCCC2N. The lowest BCUT2D eigenvalue weighted by Crippen LogP contribution is -2.17. The number of rotatable bonds is 3. The number of hydrogen-bond acceptors (Lipinski definition) is 2. The molecule has 0 aromatic heterocycles. The summed E-state index contributed by atoms with van der Waals surface area (Å²) in [6, 6.07) is 6.43. The quantitative estimate of drug-likeness (QED) is 0.790. The Labute approximate surface area is 97.1 Å². The molecule has 2 nitrogen and oxygen atoms in total. The highest BCUT2D eigenvalue weighted by Gasteiger charge is 2.17. The van der Waals surface area contributed by atoms with E-state index in [-0.39, 0.29) is 12.1 Å². The Kier molecular flexibility index (Phi) is 3.30. The number of fused-ring (bicyclic) bond motifs is 1. The lowest BCUT2D eigenvalue weighted by atomic mass is 9.88. The van der Waals surface area contributed by atoms with E-state index < -0.39 is 0 Å². The highest BCUT2D eigenvalue weighted by Crippen LogP contribution is 2.30. The predicted molar refractivity (Wildman–Crippen MR) is 66.6 cm³/mol. The van der Waals surface area contributed by atoms with Crippen molar-refractivity contribution in [1.29, 1.82) is 0 Å². The van der Waals surface area contributed by atoms with Crippen LogP contribution in [0.1, 0.15) is 36.9 Å². The van der Waals surface area contributed by atoms with E-state index in [2.05, 4.69) is 18.7 Å². The Morgan fingerprint density at radius 2 is 2.38 bits per heavy atom. The average Bonchev–Trinajstić information content (AvgIpc) is 2.29. The van der Waals surface area contributed by atoms with Crippen molar-refractivity contribution in [2.75, 3.05) is 0 Å². The molecule has 1 aliphatic carbocycles. The van der Waals surface area contributed by atoms with Gasteiger partial charge in [0.1, 0.15) is 11.9 Å². The second-order valence-electron chi connectivity index (χ2n) is 4.42. The molecule has 1 aliphatic rings. The summed E-state index contributed by atoms with van der Waals surface area (Å²) in [4.78, 5) is 0. The van der Waals surface area contributed by atoms with Gasteiger partial charge in [-0.05, 0) is 49.4 Å². The standard InChI is InChI=1S/C14H19NO/c1-3-10(2)16-12-7-8-13-11(9-12)5-4-6-14(13)15/h3,7-10,14H,1,4-6,15H2,2H3. The molecule has 2 atom stereocenters. The largest absolute Gasteiger partial charge is 0.487 e. The van der Waals surface area contributed by atoms with Crippen molar-refractivity contribution in [3.8, 4) is 5.75 Å². The summed E-state index contributed by atoms with van der Waals surface area (Å²) in [5.41, 5.74) is 8.69. The van der Waals surface area contributed by atoms with Gasteiger partial charge >= 0.3 is 0 Å². The maximum atomic E-state index is 6.07. The van der Waals surface area contributed by atoms with E-state index in [0.717, 1.165) is 18.6 Å². The molecular weight excluding hydrogens is 198 g/mol. The molecule has 0 radical (unpaired) electrons. The Hall–Kier alpha value is -1.28. The summed E-state index contributed by atoms with van der Waals surface area (Å²) in [6.07, 6.45) is 5.23. The fraction of sp³-hybridized carbons (Fsp3) is 0.429. The van der Waals surface area contributed by atoms with Gasteiger partial charge < -0.3 is 10.5 Å². The minimum Gasteiger partial charge on any atom is -0.487 e. The minimum absolute atomic E-state index is 0.0512. The Morgan fingerprint density at radius 1 is 1.56 bits per heavy atom. The number of nitrogens with two attached hydrogens (primary N) is 1. The third-order valence-corrected chi connectivity index (χ3v) is 3.13. The van der Waals surface area contributed by atoms with E-state index in [1.165, 1.54) is 17.5 Å². The monoisotopic (exact) mass is 217 g/mol. The van der Waals surface area contributed by atoms with Crippen LogP contribution in [0, 0.1) is 0 Å². The third-order valence-electron chi connectivity index (χ3n) is 3.13. The van der Waals surface area contributed by atoms with Gasteiger partial charge in [-0.3, -0.25) is 0 Å². The van der Waals surface area contributed by atoms with Gasteiger partial charge in [-0.15, -0.1) is 0 Å². The molecule has 0 saturated carbocycles. The molecule has 2 unspecified atom stereocenters. The van der Waals surface area contributed by atoms with Gasteiger partial charge in [0, 0.05) is 6.04 Å². The summed E-state index contributed by atoms with van der Waals surface area (Å²) in [5, 5.41) is 0. The van der Waals surface area contributed by atoms with E-state index in [0.29, 0.717) is 0 Å². The second-order valence-corrected chi connectivity index (χ2v) is 4.42. The normalized spacial score (nSPS) is 21.0. The van der Waals surface area contributed by atoms with Gasteiger partial charge in [0.25, 0.3) is 0 Å². The molecule has 0 heterocycles. The molecule has 0 fully saturated rings. The van der Waals surface area contributed by atoms with E-state index in [1.54, 1.807) is 6.08 Å². The van der Waals surface area contributed by atoms with Gasteiger partial charge in [0.15, 0.2) is 0 Å². The van der Waals surface area contributed by atoms with Crippen LogP contribution < -0.4 is 10.5 Å². The fourth-order valence-corrected chi connectivity index (χ4v) is 2.16. The first-order valence-electron chi connectivity index (χ1n) is 5.88. The average molecular weight is 217 g/mol. The van der Waals surface area contributed by atoms with Crippen LogP contribution in [0.25, 0.3) is 0 Å². The summed E-state index contributed by atoms with van der Waals surface area (Å²) in [6.45, 7) is 5.70. The molecule has 1 aromatic rings. The molecule has 2 rings (SSSR count). The van der Waals surface area contributed by atoms with Crippen molar-refractivity contribution in [2.45, 2.75) is 38.3 Å². The Bertz CT molecular complexity index is 386. The van der Waals surface area contributed by atoms with Crippen molar-refractivity contribution in [3.05, 3.63) is 42.0 Å². The van der Waals surface area contributed by atoms with Crippen LogP contribution in [0.4, 0.5) is 0 Å². The number of aryl methyl sites for hydroxylation is 1. The fourth-order valence-electron chi connectivity index (χ4n) is 2.16. The van der Waals surface area contributed by atoms with Crippen LogP contribution in [-0.4, -0.2) is 6.10 Å². The lowest BCUT2D eigenvalue weighted by Gasteiger charge is -2.23. The van der Waals surface area contributed by atoms with Crippen LogP contribution in [-0.2, 0) is 6.42 Å². The third kappa shape index (κ3) is 2.27. The molecule has 0 amide bonds. The molecule has 2 heteroatoms. The van der Waals surface area contributed by atoms with Gasteiger partial charge in [0.2, 0.25) is 0 Å². The Balaban J connectivity index is 2.21. The maximum Gasteiger partial charge on any atom is 0.120 e. The molecule has 16 heavy (non-hydrogen) atoms. The molecule has 0 saturated heterocycles. The van der Waals surface area contributed by atoms with E-state index in [9.17, 15) is 0 Å². The van der Waals surface area contributed by atoms with Crippen LogP contribution >= 0.6 is 0 Å². The van der Waals surface area contributed by atoms with Crippen molar-refractivity contribution >= 4 is 0 Å². The zero-order valence-corrected chi connectivity index (χ0v) is 9.78. The summed E-state index contributed by atoms with van der Waals surface area (Å²) < 4.78 is 5.71. The number of benzene rings is 1. The molecule has 0 aliphatic heterocycles. The van der Waals surface area contributed by atoms with Crippen LogP contribution in [0.15, 0.2) is 30.9 Å². The molecule has 1 aromatic carbocycles. The van der Waals surface area contributed by atoms with Crippen LogP contribution in [0.3, 0.4) is 0 Å². The zero-order valence-electron chi connectivity index (χ0n) is 9.78. The number of ether oxygens (including phenoxy) is 1. The van der Waals surface area contributed by atoms with Gasteiger partial charge in [-0.2, -0.15) is 0 Å². The summed E-state index contributed by atoms with van der Waals surface area (Å²) >= 11 is 0. The van der Waals surface area contributed by atoms with Gasteiger partial charge in [0.05, 0.1) is 0 Å². The first kappa shape index (κ1) is 11.2. The minimum atomic E-state index is 0.0512. The Morgan fingerprint density at radius 3 is 3.12 bits per heavy atom. The zero-order chi connectivity index (χ0) is 11.5. The first-order chi connectivity index (χ1) is 7.70. The van der Waals surface area contributed by atoms with Crippen LogP contribution in [0.5, 0.6) is 5.75 Å². The van der Waals surface area contributed by atoms with Crippen molar-refractivity contribution < 1.29 is 4.74 Å². The predicted octanol–water partition coefficient (Wildman–Crippen LogP) is 2.98. The van der Waals surface area contributed by atoms with E-state index in [4.69, 9.17) is 10.5 Å². The lowest BCUT2D eigenvalue weighted by molar-refractivity contribution is 0.269. The topological polar surface area (TPSA) is 35.2 Å². The molecule has 0 bridgehead atoms. The molecule has 2 N–H and O–H groups in total. The molecule has 86 valence electrons.